The van der Waals surface area contributed by atoms with Crippen LogP contribution in [0.4, 0.5) is 0 Å². The summed E-state index contributed by atoms with van der Waals surface area (Å²) in [4.78, 5) is 71.4. The molecule has 0 aromatic rings. The van der Waals surface area contributed by atoms with E-state index < -0.39 is 73.0 Å². The lowest BCUT2D eigenvalue weighted by molar-refractivity contribution is -0.149. The molecule has 5 amide bonds. The van der Waals surface area contributed by atoms with Crippen LogP contribution in [0.15, 0.2) is 0 Å². The number of aliphatic carboxylic acids is 1. The number of nitrogens with two attached hydrogens (primary N) is 3. The van der Waals surface area contributed by atoms with Crippen molar-refractivity contribution in [3.05, 3.63) is 0 Å². The molecule has 1 heterocycles. The van der Waals surface area contributed by atoms with Crippen LogP contribution in [-0.4, -0.2) is 76.7 Å². The van der Waals surface area contributed by atoms with Gasteiger partial charge in [-0.05, 0) is 12.8 Å². The van der Waals surface area contributed by atoms with E-state index in [0.717, 1.165) is 4.90 Å². The highest BCUT2D eigenvalue weighted by molar-refractivity contribution is 5.97. The second kappa shape index (κ2) is 10.2. The Kier molecular flexibility index (Phi) is 8.31. The monoisotopic (exact) mass is 400 g/mol. The lowest BCUT2D eigenvalue weighted by atomic mass is 10.1. The Bertz CT molecular complexity index is 667. The number of primary amides is 2. The van der Waals surface area contributed by atoms with Crippen molar-refractivity contribution in [1.82, 2.24) is 15.5 Å². The molecule has 3 atom stereocenters. The fourth-order valence-corrected chi connectivity index (χ4v) is 2.82. The van der Waals surface area contributed by atoms with E-state index >= 15 is 0 Å². The fraction of sp³-hybridized carbons (Fsp3) is 0.600. The van der Waals surface area contributed by atoms with E-state index in [1.54, 1.807) is 0 Å². The van der Waals surface area contributed by atoms with Gasteiger partial charge in [-0.15, -0.1) is 0 Å². The van der Waals surface area contributed by atoms with Crippen LogP contribution in [0.2, 0.25) is 0 Å². The first-order chi connectivity index (χ1) is 13.1. The molecule has 0 bridgehead atoms. The summed E-state index contributed by atoms with van der Waals surface area (Å²) in [6.45, 7) is -0.324. The number of rotatable bonds is 10. The van der Waals surface area contributed by atoms with Gasteiger partial charge < -0.3 is 37.8 Å². The highest BCUT2D eigenvalue weighted by atomic mass is 16.4. The Morgan fingerprint density at radius 3 is 2.07 bits per heavy atom. The third-order valence-electron chi connectivity index (χ3n) is 4.08. The average Bonchev–Trinajstić information content (AvgIpc) is 3.08. The number of hydrogen-bond acceptors (Lipinski definition) is 7. The average molecular weight is 400 g/mol. The third-order valence-corrected chi connectivity index (χ3v) is 4.08. The minimum absolute atomic E-state index is 0.134. The van der Waals surface area contributed by atoms with E-state index in [2.05, 4.69) is 10.6 Å². The highest BCUT2D eigenvalue weighted by Gasteiger charge is 2.38. The normalized spacial score (nSPS) is 18.0. The van der Waals surface area contributed by atoms with Crippen LogP contribution in [0.5, 0.6) is 0 Å². The van der Waals surface area contributed by atoms with E-state index in [1.165, 1.54) is 0 Å². The zero-order chi connectivity index (χ0) is 21.4. The van der Waals surface area contributed by atoms with Gasteiger partial charge in [0.25, 0.3) is 0 Å². The minimum Gasteiger partial charge on any atom is -0.480 e. The number of carboxylic acids is 1. The fourth-order valence-electron chi connectivity index (χ4n) is 2.82. The van der Waals surface area contributed by atoms with Gasteiger partial charge in [0.05, 0.1) is 19.4 Å². The zero-order valence-electron chi connectivity index (χ0n) is 15.1. The quantitative estimate of drug-likeness (QED) is 0.210. The van der Waals surface area contributed by atoms with Gasteiger partial charge in [-0.25, -0.2) is 4.79 Å². The second-order valence-electron chi connectivity index (χ2n) is 6.25. The van der Waals surface area contributed by atoms with E-state index in [0.29, 0.717) is 6.42 Å². The van der Waals surface area contributed by atoms with Crippen molar-refractivity contribution in [1.29, 1.82) is 0 Å². The van der Waals surface area contributed by atoms with Crippen LogP contribution in [0.1, 0.15) is 25.7 Å². The maximum absolute atomic E-state index is 12.7. The van der Waals surface area contributed by atoms with E-state index in [4.69, 9.17) is 17.2 Å². The Labute approximate surface area is 159 Å². The minimum atomic E-state index is -1.46. The number of amides is 5. The summed E-state index contributed by atoms with van der Waals surface area (Å²) in [5.74, 6) is -5.55. The lowest BCUT2D eigenvalue weighted by Gasteiger charge is -2.28. The maximum Gasteiger partial charge on any atom is 0.326 e. The first kappa shape index (κ1) is 22.8. The molecule has 3 unspecified atom stereocenters. The van der Waals surface area contributed by atoms with Gasteiger partial charge in [-0.2, -0.15) is 0 Å². The summed E-state index contributed by atoms with van der Waals surface area (Å²) in [6.07, 6.45) is -0.496. The molecule has 0 aromatic heterocycles. The zero-order valence-corrected chi connectivity index (χ0v) is 15.1. The highest BCUT2D eigenvalue weighted by Crippen LogP contribution is 2.19. The Balaban J connectivity index is 2.99. The second-order valence-corrected chi connectivity index (χ2v) is 6.25. The lowest BCUT2D eigenvalue weighted by Crippen LogP contribution is -2.57. The molecule has 1 fully saturated rings. The molecule has 9 N–H and O–H groups in total. The molecule has 0 aromatic carbocycles. The summed E-state index contributed by atoms with van der Waals surface area (Å²) < 4.78 is 0. The molecule has 0 aliphatic carbocycles. The SMILES string of the molecule is NCC(=O)NC(CC(N)=O)C(=O)NC(CC(N)=O)C(=O)N1CCCC1C(=O)O. The van der Waals surface area contributed by atoms with Crippen LogP contribution in [0.3, 0.4) is 0 Å². The first-order valence-electron chi connectivity index (χ1n) is 8.46. The number of likely N-dealkylation sites (tertiary alicyclic amines) is 1. The summed E-state index contributed by atoms with van der Waals surface area (Å²) >= 11 is 0. The predicted molar refractivity (Wildman–Crippen MR) is 92.9 cm³/mol. The standard InChI is InChI=1S/C15H24N6O7/c16-6-12(24)19-7(4-10(17)22)13(25)20-8(5-11(18)23)14(26)21-3-1-2-9(21)15(27)28/h7-9H,1-6,16H2,(H2,17,22)(H2,18,23)(H,19,24)(H,20,25)(H,27,28). The van der Waals surface area contributed by atoms with E-state index in [-0.39, 0.29) is 13.0 Å². The molecule has 0 saturated carbocycles. The van der Waals surface area contributed by atoms with Crippen molar-refractivity contribution in [3.63, 3.8) is 0 Å². The third kappa shape index (κ3) is 6.50. The predicted octanol–water partition coefficient (Wildman–Crippen LogP) is -4.26. The molecular formula is C15H24N6O7. The van der Waals surface area contributed by atoms with Gasteiger partial charge in [0.1, 0.15) is 18.1 Å². The number of carboxylic acid groups (broad SMARTS) is 1. The van der Waals surface area contributed by atoms with Crippen molar-refractivity contribution in [2.24, 2.45) is 17.2 Å². The number of carbonyl (C=O) groups excluding carboxylic acids is 5. The van der Waals surface area contributed by atoms with Gasteiger partial charge in [0.15, 0.2) is 0 Å². The number of nitrogens with one attached hydrogen (secondary N) is 2. The molecule has 13 nitrogen and oxygen atoms in total. The largest absolute Gasteiger partial charge is 0.480 e. The van der Waals surface area contributed by atoms with Crippen molar-refractivity contribution in [2.75, 3.05) is 13.1 Å². The van der Waals surface area contributed by atoms with Crippen LogP contribution in [-0.2, 0) is 28.8 Å². The number of hydrogen-bond donors (Lipinski definition) is 6. The number of carbonyl (C=O) groups is 6. The van der Waals surface area contributed by atoms with Crippen molar-refractivity contribution in [3.8, 4) is 0 Å². The molecule has 1 rings (SSSR count). The van der Waals surface area contributed by atoms with E-state index in [9.17, 15) is 33.9 Å². The van der Waals surface area contributed by atoms with Crippen molar-refractivity contribution in [2.45, 2.75) is 43.8 Å². The van der Waals surface area contributed by atoms with Crippen LogP contribution >= 0.6 is 0 Å². The molecule has 1 saturated heterocycles. The topological polar surface area (TPSA) is 228 Å². The van der Waals surface area contributed by atoms with E-state index in [1.807, 2.05) is 0 Å². The summed E-state index contributed by atoms with van der Waals surface area (Å²) in [6, 6.07) is -3.97. The van der Waals surface area contributed by atoms with Crippen molar-refractivity contribution < 1.29 is 33.9 Å². The van der Waals surface area contributed by atoms with Gasteiger partial charge in [0.2, 0.25) is 29.5 Å². The van der Waals surface area contributed by atoms with Gasteiger partial charge >= 0.3 is 5.97 Å². The molecule has 13 heteroatoms. The van der Waals surface area contributed by atoms with Crippen LogP contribution < -0.4 is 27.8 Å². The molecule has 156 valence electrons. The van der Waals surface area contributed by atoms with Crippen molar-refractivity contribution >= 4 is 35.5 Å². The molecular weight excluding hydrogens is 376 g/mol. The number of nitrogens with zero attached hydrogens (tertiary/aromatic N) is 1. The first-order valence-corrected chi connectivity index (χ1v) is 8.46. The Morgan fingerprint density at radius 1 is 1.00 bits per heavy atom. The summed E-state index contributed by atoms with van der Waals surface area (Å²) in [5.41, 5.74) is 15.3. The Hall–Kier alpha value is -3.22. The molecule has 1 aliphatic heterocycles. The van der Waals surface area contributed by atoms with Gasteiger partial charge in [0, 0.05) is 6.54 Å². The molecule has 0 radical (unpaired) electrons. The maximum atomic E-state index is 12.7. The molecule has 28 heavy (non-hydrogen) atoms. The molecule has 0 spiro atoms. The van der Waals surface area contributed by atoms with Gasteiger partial charge in [-0.3, -0.25) is 24.0 Å². The van der Waals surface area contributed by atoms with Crippen LogP contribution in [0, 0.1) is 0 Å². The van der Waals surface area contributed by atoms with Crippen LogP contribution in [0.25, 0.3) is 0 Å². The summed E-state index contributed by atoms with van der Waals surface area (Å²) in [5, 5.41) is 13.6. The molecule has 1 aliphatic rings. The van der Waals surface area contributed by atoms with Gasteiger partial charge in [-0.1, -0.05) is 0 Å². The Morgan fingerprint density at radius 2 is 1.57 bits per heavy atom. The smallest absolute Gasteiger partial charge is 0.326 e. The summed E-state index contributed by atoms with van der Waals surface area (Å²) in [7, 11) is 0.